The van der Waals surface area contributed by atoms with Crippen LogP contribution >= 0.6 is 0 Å². The van der Waals surface area contributed by atoms with Crippen LogP contribution in [0.2, 0.25) is 0 Å². The minimum atomic E-state index is -0.108. The zero-order valence-corrected chi connectivity index (χ0v) is 11.3. The van der Waals surface area contributed by atoms with Gasteiger partial charge in [-0.05, 0) is 52.4 Å². The van der Waals surface area contributed by atoms with Crippen LogP contribution in [0.4, 0.5) is 0 Å². The molecule has 0 saturated heterocycles. The first-order valence-corrected chi connectivity index (χ1v) is 6.16. The van der Waals surface area contributed by atoms with Crippen molar-refractivity contribution in [2.24, 2.45) is 0 Å². The molecule has 0 amide bonds. The van der Waals surface area contributed by atoms with Crippen molar-refractivity contribution in [3.05, 3.63) is 29.6 Å². The Morgan fingerprint density at radius 2 is 2.06 bits per heavy atom. The van der Waals surface area contributed by atoms with Crippen molar-refractivity contribution < 1.29 is 0 Å². The summed E-state index contributed by atoms with van der Waals surface area (Å²) in [6.07, 6.45) is 0. The number of nitrogens with one attached hydrogen (secondary N) is 1. The number of aryl methyl sites for hydroxylation is 2. The molecule has 2 rings (SSSR count). The summed E-state index contributed by atoms with van der Waals surface area (Å²) in [5, 5.41) is 3.32. The molecule has 0 aliphatic rings. The minimum Gasteiger partial charge on any atom is -0.327 e. The van der Waals surface area contributed by atoms with Gasteiger partial charge in [0.1, 0.15) is 5.82 Å². The molecule has 1 heterocycles. The van der Waals surface area contributed by atoms with Crippen molar-refractivity contribution in [2.45, 2.75) is 39.8 Å². The largest absolute Gasteiger partial charge is 0.327 e. The lowest BCUT2D eigenvalue weighted by Crippen LogP contribution is -2.36. The van der Waals surface area contributed by atoms with Crippen LogP contribution < -0.4 is 5.32 Å². The van der Waals surface area contributed by atoms with Gasteiger partial charge in [0.2, 0.25) is 0 Å². The maximum Gasteiger partial charge on any atom is 0.129 e. The molecule has 17 heavy (non-hydrogen) atoms. The first-order valence-electron chi connectivity index (χ1n) is 6.16. The third kappa shape index (κ3) is 1.95. The molecule has 2 aromatic rings. The van der Waals surface area contributed by atoms with E-state index in [4.69, 9.17) is 4.98 Å². The van der Waals surface area contributed by atoms with Gasteiger partial charge in [0.05, 0.1) is 16.6 Å². The van der Waals surface area contributed by atoms with Gasteiger partial charge in [-0.15, -0.1) is 0 Å². The first kappa shape index (κ1) is 12.1. The Morgan fingerprint density at radius 3 is 2.65 bits per heavy atom. The molecule has 0 radical (unpaired) electrons. The summed E-state index contributed by atoms with van der Waals surface area (Å²) in [6.45, 7) is 9.53. The average molecular weight is 231 g/mol. The van der Waals surface area contributed by atoms with Crippen molar-refractivity contribution in [3.8, 4) is 0 Å². The lowest BCUT2D eigenvalue weighted by atomic mass is 10.1. The quantitative estimate of drug-likeness (QED) is 0.880. The second-order valence-corrected chi connectivity index (χ2v) is 5.05. The third-order valence-corrected chi connectivity index (χ3v) is 3.40. The fraction of sp³-hybridized carbons (Fsp3) is 0.500. The first-order chi connectivity index (χ1) is 7.99. The highest BCUT2D eigenvalue weighted by atomic mass is 15.1. The predicted octanol–water partition coefficient (Wildman–Crippen LogP) is 2.82. The van der Waals surface area contributed by atoms with E-state index in [9.17, 15) is 0 Å². The lowest BCUT2D eigenvalue weighted by Gasteiger charge is -2.24. The maximum absolute atomic E-state index is 4.79. The molecular weight excluding hydrogens is 210 g/mol. The molecule has 0 bridgehead atoms. The molecule has 1 N–H and O–H groups in total. The summed E-state index contributed by atoms with van der Waals surface area (Å²) >= 11 is 0. The highest BCUT2D eigenvalue weighted by Gasteiger charge is 2.25. The summed E-state index contributed by atoms with van der Waals surface area (Å²) in [4.78, 5) is 4.79. The summed E-state index contributed by atoms with van der Waals surface area (Å²) in [6, 6.07) is 6.46. The van der Waals surface area contributed by atoms with Gasteiger partial charge in [-0.2, -0.15) is 0 Å². The third-order valence-electron chi connectivity index (χ3n) is 3.40. The Kier molecular flexibility index (Phi) is 2.96. The minimum absolute atomic E-state index is 0.108. The van der Waals surface area contributed by atoms with Gasteiger partial charge >= 0.3 is 0 Å². The monoisotopic (exact) mass is 231 g/mol. The van der Waals surface area contributed by atoms with Crippen LogP contribution in [0.15, 0.2) is 18.2 Å². The van der Waals surface area contributed by atoms with Crippen LogP contribution in [0.25, 0.3) is 11.0 Å². The van der Waals surface area contributed by atoms with Crippen LogP contribution in [0.1, 0.15) is 32.2 Å². The highest BCUT2D eigenvalue weighted by molar-refractivity contribution is 5.77. The average Bonchev–Trinajstić information content (AvgIpc) is 2.67. The van der Waals surface area contributed by atoms with Gasteiger partial charge in [-0.1, -0.05) is 6.07 Å². The predicted molar refractivity (Wildman–Crippen MR) is 72.2 cm³/mol. The van der Waals surface area contributed by atoms with Crippen LogP contribution in [0.5, 0.6) is 0 Å². The molecule has 1 aromatic heterocycles. The van der Waals surface area contributed by atoms with E-state index < -0.39 is 0 Å². The van der Waals surface area contributed by atoms with E-state index in [0.717, 1.165) is 17.9 Å². The lowest BCUT2D eigenvalue weighted by molar-refractivity contribution is 0.400. The van der Waals surface area contributed by atoms with E-state index in [1.54, 1.807) is 0 Å². The van der Waals surface area contributed by atoms with Gasteiger partial charge in [-0.3, -0.25) is 0 Å². The van der Waals surface area contributed by atoms with Crippen LogP contribution in [-0.4, -0.2) is 16.6 Å². The number of nitrogens with zero attached hydrogens (tertiary/aromatic N) is 2. The van der Waals surface area contributed by atoms with E-state index in [-0.39, 0.29) is 5.54 Å². The molecular formula is C14H21N3. The number of rotatable bonds is 3. The molecule has 0 spiro atoms. The van der Waals surface area contributed by atoms with Crippen molar-refractivity contribution in [1.82, 2.24) is 14.9 Å². The molecule has 0 atom stereocenters. The Bertz CT molecular complexity index is 538. The number of fused-ring (bicyclic) bond motifs is 1. The maximum atomic E-state index is 4.79. The number of hydrogen-bond donors (Lipinski definition) is 1. The highest BCUT2D eigenvalue weighted by Crippen LogP contribution is 2.25. The number of imidazole rings is 1. The van der Waals surface area contributed by atoms with E-state index in [1.807, 2.05) is 7.05 Å². The molecule has 0 aliphatic carbocycles. The number of hydrogen-bond acceptors (Lipinski definition) is 2. The van der Waals surface area contributed by atoms with Gasteiger partial charge < -0.3 is 9.88 Å². The summed E-state index contributed by atoms with van der Waals surface area (Å²) in [5.41, 5.74) is 3.46. The molecule has 0 fully saturated rings. The van der Waals surface area contributed by atoms with Gasteiger partial charge in [0.25, 0.3) is 0 Å². The van der Waals surface area contributed by atoms with Crippen molar-refractivity contribution >= 4 is 11.0 Å². The number of benzene rings is 1. The van der Waals surface area contributed by atoms with Gasteiger partial charge in [-0.25, -0.2) is 4.98 Å². The molecule has 3 heteroatoms. The smallest absolute Gasteiger partial charge is 0.129 e. The van der Waals surface area contributed by atoms with E-state index >= 15 is 0 Å². The van der Waals surface area contributed by atoms with Crippen molar-refractivity contribution in [1.29, 1.82) is 0 Å². The van der Waals surface area contributed by atoms with Crippen LogP contribution in [0.3, 0.4) is 0 Å². The van der Waals surface area contributed by atoms with Crippen LogP contribution in [-0.2, 0) is 12.1 Å². The SMILES string of the molecule is CCn1c(C(C)(C)NC)nc2cc(C)ccc21. The zero-order chi connectivity index (χ0) is 12.6. The standard InChI is InChI=1S/C14H21N3/c1-6-17-12-8-7-10(2)9-11(12)16-13(17)14(3,4)15-5/h7-9,15H,6H2,1-5H3. The topological polar surface area (TPSA) is 29.9 Å². The summed E-state index contributed by atoms with van der Waals surface area (Å²) < 4.78 is 2.28. The Hall–Kier alpha value is -1.35. The molecule has 3 nitrogen and oxygen atoms in total. The molecule has 1 aromatic carbocycles. The molecule has 0 aliphatic heterocycles. The van der Waals surface area contributed by atoms with Crippen molar-refractivity contribution in [3.63, 3.8) is 0 Å². The summed E-state index contributed by atoms with van der Waals surface area (Å²) in [7, 11) is 1.98. The number of aromatic nitrogens is 2. The molecule has 0 unspecified atom stereocenters. The Labute approximate surface area is 103 Å². The summed E-state index contributed by atoms with van der Waals surface area (Å²) in [5.74, 6) is 1.10. The second-order valence-electron chi connectivity index (χ2n) is 5.05. The van der Waals surface area contributed by atoms with E-state index in [0.29, 0.717) is 0 Å². The Morgan fingerprint density at radius 1 is 1.35 bits per heavy atom. The van der Waals surface area contributed by atoms with Crippen LogP contribution in [0, 0.1) is 6.92 Å². The second kappa shape index (κ2) is 4.15. The van der Waals surface area contributed by atoms with E-state index in [1.165, 1.54) is 11.1 Å². The normalized spacial score (nSPS) is 12.3. The van der Waals surface area contributed by atoms with Gasteiger partial charge in [0, 0.05) is 6.54 Å². The van der Waals surface area contributed by atoms with Gasteiger partial charge in [0.15, 0.2) is 0 Å². The Balaban J connectivity index is 2.72. The zero-order valence-electron chi connectivity index (χ0n) is 11.3. The molecule has 92 valence electrons. The molecule has 0 saturated carbocycles. The fourth-order valence-electron chi connectivity index (χ4n) is 2.15. The van der Waals surface area contributed by atoms with E-state index in [2.05, 4.69) is 55.8 Å². The van der Waals surface area contributed by atoms with Crippen molar-refractivity contribution in [2.75, 3.05) is 7.05 Å². The fourth-order valence-corrected chi connectivity index (χ4v) is 2.15.